The van der Waals surface area contributed by atoms with Gasteiger partial charge in [-0.1, -0.05) is 57.5 Å². The Morgan fingerprint density at radius 2 is 1.77 bits per heavy atom. The SMILES string of the molecule is CC(C)(C)C(=O)NCC(Cc1ccccc1)N1CCCCC1. The average molecular weight is 302 g/mol. The summed E-state index contributed by atoms with van der Waals surface area (Å²) in [6.07, 6.45) is 4.89. The second kappa shape index (κ2) is 7.77. The van der Waals surface area contributed by atoms with E-state index in [0.717, 1.165) is 26.1 Å². The molecular weight excluding hydrogens is 272 g/mol. The van der Waals surface area contributed by atoms with Gasteiger partial charge >= 0.3 is 0 Å². The molecule has 1 aliphatic heterocycles. The number of amides is 1. The van der Waals surface area contributed by atoms with E-state index in [9.17, 15) is 4.79 Å². The van der Waals surface area contributed by atoms with Crippen LogP contribution in [-0.2, 0) is 11.2 Å². The summed E-state index contributed by atoms with van der Waals surface area (Å²) in [5, 5.41) is 3.16. The van der Waals surface area contributed by atoms with E-state index < -0.39 is 0 Å². The van der Waals surface area contributed by atoms with Gasteiger partial charge in [0.2, 0.25) is 5.91 Å². The van der Waals surface area contributed by atoms with Crippen molar-refractivity contribution in [3.63, 3.8) is 0 Å². The van der Waals surface area contributed by atoms with Crippen LogP contribution in [0.15, 0.2) is 30.3 Å². The highest BCUT2D eigenvalue weighted by Crippen LogP contribution is 2.17. The third-order valence-electron chi connectivity index (χ3n) is 4.40. The number of piperidine rings is 1. The Morgan fingerprint density at radius 1 is 1.14 bits per heavy atom. The van der Waals surface area contributed by atoms with Crippen molar-refractivity contribution in [3.8, 4) is 0 Å². The Bertz CT molecular complexity index is 458. The van der Waals surface area contributed by atoms with Gasteiger partial charge in [-0.3, -0.25) is 9.69 Å². The summed E-state index contributed by atoms with van der Waals surface area (Å²) in [5.41, 5.74) is 1.03. The number of hydrogen-bond acceptors (Lipinski definition) is 2. The zero-order chi connectivity index (χ0) is 16.0. The van der Waals surface area contributed by atoms with Crippen molar-refractivity contribution in [3.05, 3.63) is 35.9 Å². The van der Waals surface area contributed by atoms with E-state index in [4.69, 9.17) is 0 Å². The Balaban J connectivity index is 1.99. The Labute approximate surface area is 135 Å². The lowest BCUT2D eigenvalue weighted by Crippen LogP contribution is -2.49. The van der Waals surface area contributed by atoms with Gasteiger partial charge in [-0.25, -0.2) is 0 Å². The highest BCUT2D eigenvalue weighted by Gasteiger charge is 2.25. The van der Waals surface area contributed by atoms with Crippen LogP contribution in [0.25, 0.3) is 0 Å². The summed E-state index contributed by atoms with van der Waals surface area (Å²) < 4.78 is 0. The molecule has 1 aromatic rings. The van der Waals surface area contributed by atoms with Crippen molar-refractivity contribution in [2.45, 2.75) is 52.5 Å². The lowest BCUT2D eigenvalue weighted by Gasteiger charge is -2.35. The van der Waals surface area contributed by atoms with Crippen LogP contribution in [0.5, 0.6) is 0 Å². The molecule has 22 heavy (non-hydrogen) atoms. The molecule has 0 spiro atoms. The Hall–Kier alpha value is -1.35. The first kappa shape index (κ1) is 17.0. The van der Waals surface area contributed by atoms with Crippen molar-refractivity contribution < 1.29 is 4.79 Å². The smallest absolute Gasteiger partial charge is 0.225 e. The summed E-state index contributed by atoms with van der Waals surface area (Å²) in [6, 6.07) is 11.0. The molecule has 0 radical (unpaired) electrons. The summed E-state index contributed by atoms with van der Waals surface area (Å²) in [6.45, 7) is 8.96. The molecule has 1 aromatic carbocycles. The fourth-order valence-corrected chi connectivity index (χ4v) is 2.98. The van der Waals surface area contributed by atoms with E-state index in [1.54, 1.807) is 0 Å². The zero-order valence-corrected chi connectivity index (χ0v) is 14.3. The third-order valence-corrected chi connectivity index (χ3v) is 4.40. The molecule has 1 saturated heterocycles. The summed E-state index contributed by atoms with van der Waals surface area (Å²) in [7, 11) is 0. The van der Waals surface area contributed by atoms with Crippen LogP contribution in [0.4, 0.5) is 0 Å². The maximum absolute atomic E-state index is 12.2. The van der Waals surface area contributed by atoms with E-state index in [1.807, 2.05) is 20.8 Å². The van der Waals surface area contributed by atoms with Crippen LogP contribution in [0.2, 0.25) is 0 Å². The number of nitrogens with one attached hydrogen (secondary N) is 1. The van der Waals surface area contributed by atoms with E-state index in [-0.39, 0.29) is 11.3 Å². The van der Waals surface area contributed by atoms with Crippen molar-refractivity contribution in [1.29, 1.82) is 0 Å². The molecule has 1 aliphatic rings. The second-order valence-electron chi connectivity index (χ2n) is 7.40. The fourth-order valence-electron chi connectivity index (χ4n) is 2.98. The minimum absolute atomic E-state index is 0.141. The maximum atomic E-state index is 12.2. The van der Waals surface area contributed by atoms with Crippen molar-refractivity contribution in [2.75, 3.05) is 19.6 Å². The standard InChI is InChI=1S/C19H30N2O/c1-19(2,3)18(22)20-15-17(21-12-8-5-9-13-21)14-16-10-6-4-7-11-16/h4,6-7,10-11,17H,5,8-9,12-15H2,1-3H3,(H,20,22). The van der Waals surface area contributed by atoms with Gasteiger partial charge in [0.25, 0.3) is 0 Å². The number of likely N-dealkylation sites (tertiary alicyclic amines) is 1. The number of carbonyl (C=O) groups is 1. The molecule has 0 bridgehead atoms. The van der Waals surface area contributed by atoms with Crippen LogP contribution >= 0.6 is 0 Å². The highest BCUT2D eigenvalue weighted by atomic mass is 16.2. The molecule has 1 N–H and O–H groups in total. The molecule has 2 rings (SSSR count). The van der Waals surface area contributed by atoms with Crippen molar-refractivity contribution >= 4 is 5.91 Å². The molecule has 1 unspecified atom stereocenters. The van der Waals surface area contributed by atoms with Crippen molar-refractivity contribution in [2.24, 2.45) is 5.41 Å². The van der Waals surface area contributed by atoms with Gasteiger partial charge < -0.3 is 5.32 Å². The highest BCUT2D eigenvalue weighted by molar-refractivity contribution is 5.81. The van der Waals surface area contributed by atoms with E-state index in [1.165, 1.54) is 24.8 Å². The number of carbonyl (C=O) groups excluding carboxylic acids is 1. The first-order valence-corrected chi connectivity index (χ1v) is 8.53. The molecule has 1 heterocycles. The topological polar surface area (TPSA) is 32.3 Å². The van der Waals surface area contributed by atoms with Gasteiger partial charge in [0.15, 0.2) is 0 Å². The normalized spacial score (nSPS) is 18.0. The van der Waals surface area contributed by atoms with E-state index in [2.05, 4.69) is 40.5 Å². The van der Waals surface area contributed by atoms with Crippen LogP contribution in [0, 0.1) is 5.41 Å². The molecular formula is C19H30N2O. The van der Waals surface area contributed by atoms with Crippen LogP contribution < -0.4 is 5.32 Å². The fraction of sp³-hybridized carbons (Fsp3) is 0.632. The summed E-state index contributed by atoms with van der Waals surface area (Å²) in [4.78, 5) is 14.7. The van der Waals surface area contributed by atoms with E-state index >= 15 is 0 Å². The van der Waals surface area contributed by atoms with Gasteiger partial charge in [-0.05, 0) is 37.9 Å². The summed E-state index contributed by atoms with van der Waals surface area (Å²) >= 11 is 0. The van der Waals surface area contributed by atoms with Crippen LogP contribution in [-0.4, -0.2) is 36.5 Å². The van der Waals surface area contributed by atoms with Gasteiger partial charge in [0, 0.05) is 18.0 Å². The third kappa shape index (κ3) is 5.13. The molecule has 1 atom stereocenters. The second-order valence-corrected chi connectivity index (χ2v) is 7.40. The molecule has 122 valence electrons. The van der Waals surface area contributed by atoms with Crippen LogP contribution in [0.3, 0.4) is 0 Å². The van der Waals surface area contributed by atoms with Gasteiger partial charge in [0.05, 0.1) is 0 Å². The molecule has 0 aromatic heterocycles. The minimum atomic E-state index is -0.320. The molecule has 3 heteroatoms. The Morgan fingerprint density at radius 3 is 2.36 bits per heavy atom. The quantitative estimate of drug-likeness (QED) is 0.905. The van der Waals surface area contributed by atoms with Gasteiger partial charge in [-0.2, -0.15) is 0 Å². The molecule has 3 nitrogen and oxygen atoms in total. The maximum Gasteiger partial charge on any atom is 0.225 e. The first-order chi connectivity index (χ1) is 10.5. The monoisotopic (exact) mass is 302 g/mol. The first-order valence-electron chi connectivity index (χ1n) is 8.53. The number of hydrogen-bond donors (Lipinski definition) is 1. The molecule has 1 fully saturated rings. The number of nitrogens with zero attached hydrogens (tertiary/aromatic N) is 1. The molecule has 0 saturated carbocycles. The zero-order valence-electron chi connectivity index (χ0n) is 14.3. The van der Waals surface area contributed by atoms with Crippen molar-refractivity contribution in [1.82, 2.24) is 10.2 Å². The average Bonchev–Trinajstić information content (AvgIpc) is 2.52. The lowest BCUT2D eigenvalue weighted by atomic mass is 9.95. The Kier molecular flexibility index (Phi) is 6.01. The number of rotatable bonds is 5. The predicted octanol–water partition coefficient (Wildman–Crippen LogP) is 3.25. The van der Waals surface area contributed by atoms with E-state index in [0.29, 0.717) is 6.04 Å². The lowest BCUT2D eigenvalue weighted by molar-refractivity contribution is -0.128. The summed E-state index contributed by atoms with van der Waals surface area (Å²) in [5.74, 6) is 0.141. The minimum Gasteiger partial charge on any atom is -0.354 e. The predicted molar refractivity (Wildman–Crippen MR) is 91.8 cm³/mol. The molecule has 0 aliphatic carbocycles. The van der Waals surface area contributed by atoms with Gasteiger partial charge in [-0.15, -0.1) is 0 Å². The van der Waals surface area contributed by atoms with Crippen LogP contribution in [0.1, 0.15) is 45.6 Å². The number of benzene rings is 1. The largest absolute Gasteiger partial charge is 0.354 e. The van der Waals surface area contributed by atoms with Gasteiger partial charge in [0.1, 0.15) is 0 Å². The molecule has 1 amide bonds.